The summed E-state index contributed by atoms with van der Waals surface area (Å²) in [5.41, 5.74) is 1.31. The molecular weight excluding hydrogens is 401 g/mol. The number of aliphatic imine (C=N–C) groups is 1. The molecule has 0 aliphatic heterocycles. The Morgan fingerprint density at radius 1 is 1.30 bits per heavy atom. The first-order valence-electron chi connectivity index (χ1n) is 8.42. The maximum Gasteiger partial charge on any atom is 0.191 e. The minimum atomic E-state index is 0. The molecule has 2 atom stereocenters. The second-order valence-corrected chi connectivity index (χ2v) is 6.06. The highest BCUT2D eigenvalue weighted by Gasteiger charge is 2.33. The van der Waals surface area contributed by atoms with Crippen molar-refractivity contribution in [3.05, 3.63) is 29.8 Å². The average molecular weight is 431 g/mol. The van der Waals surface area contributed by atoms with Gasteiger partial charge in [0.05, 0.1) is 6.61 Å². The van der Waals surface area contributed by atoms with Gasteiger partial charge in [-0.25, -0.2) is 0 Å². The summed E-state index contributed by atoms with van der Waals surface area (Å²) in [5, 5.41) is 6.81. The zero-order chi connectivity index (χ0) is 15.8. The Balaban J connectivity index is 0.00000264. The normalized spacial score (nSPS) is 19.7. The Morgan fingerprint density at radius 2 is 2.00 bits per heavy atom. The number of nitrogens with one attached hydrogen (secondary N) is 2. The fourth-order valence-electron chi connectivity index (χ4n) is 2.31. The van der Waals surface area contributed by atoms with E-state index in [-0.39, 0.29) is 24.0 Å². The van der Waals surface area contributed by atoms with Gasteiger partial charge >= 0.3 is 0 Å². The fourth-order valence-corrected chi connectivity index (χ4v) is 2.31. The Hall–Kier alpha value is -0.980. The molecule has 1 fully saturated rings. The fraction of sp³-hybridized carbons (Fsp3) is 0.611. The van der Waals surface area contributed by atoms with Crippen molar-refractivity contribution in [2.24, 2.45) is 10.9 Å². The molecule has 1 aromatic rings. The smallest absolute Gasteiger partial charge is 0.191 e. The van der Waals surface area contributed by atoms with Gasteiger partial charge < -0.3 is 15.4 Å². The lowest BCUT2D eigenvalue weighted by Crippen LogP contribution is -2.39. The molecule has 1 aromatic carbocycles. The number of rotatable bonds is 8. The summed E-state index contributed by atoms with van der Waals surface area (Å²) in [6.07, 6.45) is 4.51. The van der Waals surface area contributed by atoms with Crippen LogP contribution in [0.4, 0.5) is 0 Å². The molecule has 0 spiro atoms. The molecule has 2 unspecified atom stereocenters. The highest BCUT2D eigenvalue weighted by molar-refractivity contribution is 14.0. The summed E-state index contributed by atoms with van der Waals surface area (Å²) in [4.78, 5) is 4.26. The molecule has 0 amide bonds. The SMILES string of the molecule is CCCCOc1ccc(CCNC(=NC)NC2CC2C)cc1.I. The molecule has 0 saturated heterocycles. The Morgan fingerprint density at radius 3 is 2.57 bits per heavy atom. The number of hydrogen-bond acceptors (Lipinski definition) is 2. The van der Waals surface area contributed by atoms with Gasteiger partial charge in [0.2, 0.25) is 0 Å². The second kappa shape index (κ2) is 10.7. The number of benzene rings is 1. The van der Waals surface area contributed by atoms with Crippen molar-refractivity contribution in [2.45, 2.75) is 45.6 Å². The number of guanidine groups is 1. The summed E-state index contributed by atoms with van der Waals surface area (Å²) in [7, 11) is 1.82. The first-order valence-corrected chi connectivity index (χ1v) is 8.42. The molecule has 2 rings (SSSR count). The maximum absolute atomic E-state index is 5.68. The first-order chi connectivity index (χ1) is 10.7. The molecule has 0 bridgehead atoms. The molecule has 1 saturated carbocycles. The number of halogens is 1. The Kier molecular flexibility index (Phi) is 9.36. The third-order valence-electron chi connectivity index (χ3n) is 4.05. The molecule has 2 N–H and O–H groups in total. The number of ether oxygens (including phenoxy) is 1. The molecular formula is C18H30IN3O. The van der Waals surface area contributed by atoms with Crippen LogP contribution in [0.3, 0.4) is 0 Å². The standard InChI is InChI=1S/C18H29N3O.HI/c1-4-5-12-22-16-8-6-15(7-9-16)10-11-20-18(19-3)21-17-13-14(17)2;/h6-9,14,17H,4-5,10-13H2,1-3H3,(H2,19,20,21);1H. The van der Waals surface area contributed by atoms with E-state index in [1.54, 1.807) is 0 Å². The third-order valence-corrected chi connectivity index (χ3v) is 4.05. The maximum atomic E-state index is 5.68. The lowest BCUT2D eigenvalue weighted by molar-refractivity contribution is 0.309. The number of hydrogen-bond donors (Lipinski definition) is 2. The monoisotopic (exact) mass is 431 g/mol. The molecule has 1 aliphatic rings. The van der Waals surface area contributed by atoms with E-state index in [9.17, 15) is 0 Å². The van der Waals surface area contributed by atoms with Crippen LogP contribution in [0, 0.1) is 5.92 Å². The van der Waals surface area contributed by atoms with Crippen LogP contribution >= 0.6 is 24.0 Å². The lowest BCUT2D eigenvalue weighted by Gasteiger charge is -2.11. The predicted octanol–water partition coefficient (Wildman–Crippen LogP) is 3.60. The molecule has 130 valence electrons. The van der Waals surface area contributed by atoms with Crippen molar-refractivity contribution in [1.29, 1.82) is 0 Å². The van der Waals surface area contributed by atoms with Gasteiger partial charge in [0.1, 0.15) is 5.75 Å². The summed E-state index contributed by atoms with van der Waals surface area (Å²) in [5.74, 6) is 2.65. The topological polar surface area (TPSA) is 45.6 Å². The van der Waals surface area contributed by atoms with Crippen LogP contribution in [-0.4, -0.2) is 32.2 Å². The molecule has 23 heavy (non-hydrogen) atoms. The van der Waals surface area contributed by atoms with Crippen molar-refractivity contribution >= 4 is 29.9 Å². The van der Waals surface area contributed by atoms with Gasteiger partial charge in [-0.15, -0.1) is 24.0 Å². The van der Waals surface area contributed by atoms with Crippen LogP contribution in [-0.2, 0) is 6.42 Å². The van der Waals surface area contributed by atoms with Gasteiger partial charge in [0, 0.05) is 19.6 Å². The van der Waals surface area contributed by atoms with E-state index < -0.39 is 0 Å². The highest BCUT2D eigenvalue weighted by Crippen LogP contribution is 2.28. The summed E-state index contributed by atoms with van der Waals surface area (Å²) < 4.78 is 5.68. The first kappa shape index (κ1) is 20.1. The van der Waals surface area contributed by atoms with E-state index in [1.807, 2.05) is 7.05 Å². The highest BCUT2D eigenvalue weighted by atomic mass is 127. The number of unbranched alkanes of at least 4 members (excludes halogenated alkanes) is 1. The molecule has 0 radical (unpaired) electrons. The van der Waals surface area contributed by atoms with Crippen molar-refractivity contribution in [2.75, 3.05) is 20.2 Å². The summed E-state index contributed by atoms with van der Waals surface area (Å²) >= 11 is 0. The van der Waals surface area contributed by atoms with Crippen LogP contribution in [0.15, 0.2) is 29.3 Å². The van der Waals surface area contributed by atoms with E-state index in [4.69, 9.17) is 4.74 Å². The van der Waals surface area contributed by atoms with E-state index >= 15 is 0 Å². The molecule has 4 nitrogen and oxygen atoms in total. The van der Waals surface area contributed by atoms with Crippen LogP contribution in [0.25, 0.3) is 0 Å². The van der Waals surface area contributed by atoms with Crippen LogP contribution in [0.1, 0.15) is 38.7 Å². The van der Waals surface area contributed by atoms with Crippen molar-refractivity contribution in [3.8, 4) is 5.75 Å². The van der Waals surface area contributed by atoms with Gasteiger partial charge in [-0.1, -0.05) is 32.4 Å². The molecule has 5 heteroatoms. The van der Waals surface area contributed by atoms with Gasteiger partial charge in [-0.3, -0.25) is 4.99 Å². The zero-order valence-electron chi connectivity index (χ0n) is 14.5. The van der Waals surface area contributed by atoms with E-state index in [0.29, 0.717) is 6.04 Å². The average Bonchev–Trinajstić information content (AvgIpc) is 3.23. The van der Waals surface area contributed by atoms with Crippen LogP contribution in [0.5, 0.6) is 5.75 Å². The summed E-state index contributed by atoms with van der Waals surface area (Å²) in [6.45, 7) is 6.12. The molecule has 1 aliphatic carbocycles. The minimum absolute atomic E-state index is 0. The minimum Gasteiger partial charge on any atom is -0.494 e. The zero-order valence-corrected chi connectivity index (χ0v) is 16.8. The van der Waals surface area contributed by atoms with E-state index in [0.717, 1.165) is 43.6 Å². The number of nitrogens with zero attached hydrogens (tertiary/aromatic N) is 1. The van der Waals surface area contributed by atoms with Crippen molar-refractivity contribution < 1.29 is 4.74 Å². The largest absolute Gasteiger partial charge is 0.494 e. The quantitative estimate of drug-likeness (QED) is 0.286. The van der Waals surface area contributed by atoms with Crippen molar-refractivity contribution in [3.63, 3.8) is 0 Å². The van der Waals surface area contributed by atoms with Crippen molar-refractivity contribution in [1.82, 2.24) is 10.6 Å². The second-order valence-electron chi connectivity index (χ2n) is 6.06. The third kappa shape index (κ3) is 7.42. The van der Waals surface area contributed by atoms with E-state index in [1.165, 1.54) is 18.4 Å². The Labute approximate surface area is 157 Å². The summed E-state index contributed by atoms with van der Waals surface area (Å²) in [6, 6.07) is 9.00. The molecule has 0 heterocycles. The lowest BCUT2D eigenvalue weighted by atomic mass is 10.1. The predicted molar refractivity (Wildman–Crippen MR) is 108 cm³/mol. The van der Waals surface area contributed by atoms with Crippen LogP contribution < -0.4 is 15.4 Å². The van der Waals surface area contributed by atoms with Gasteiger partial charge in [0.25, 0.3) is 0 Å². The van der Waals surface area contributed by atoms with Gasteiger partial charge in [0.15, 0.2) is 5.96 Å². The van der Waals surface area contributed by atoms with Gasteiger partial charge in [-0.05, 0) is 42.9 Å². The Bertz CT molecular complexity index is 476. The van der Waals surface area contributed by atoms with Crippen LogP contribution in [0.2, 0.25) is 0 Å². The van der Waals surface area contributed by atoms with E-state index in [2.05, 4.69) is 53.7 Å². The molecule has 0 aromatic heterocycles. The van der Waals surface area contributed by atoms with Gasteiger partial charge in [-0.2, -0.15) is 0 Å².